The van der Waals surface area contributed by atoms with Gasteiger partial charge in [-0.3, -0.25) is 0 Å². The minimum atomic E-state index is -0.780. The SMILES string of the molecule is COc1cc2c(c3c1[C@H]1OC(=O)[C@@]4(CC/C=C(\C)C3)O[C@H]14)OCO2. The van der Waals surface area contributed by atoms with E-state index in [2.05, 4.69) is 13.0 Å². The Morgan fingerprint density at radius 2 is 2.21 bits per heavy atom. The van der Waals surface area contributed by atoms with Crippen molar-refractivity contribution in [3.63, 3.8) is 0 Å². The Morgan fingerprint density at radius 1 is 1.33 bits per heavy atom. The van der Waals surface area contributed by atoms with Crippen LogP contribution in [0.4, 0.5) is 0 Å². The highest BCUT2D eigenvalue weighted by molar-refractivity contribution is 5.87. The maximum atomic E-state index is 12.4. The first-order valence-electron chi connectivity index (χ1n) is 8.18. The van der Waals surface area contributed by atoms with Crippen LogP contribution >= 0.6 is 0 Å². The Bertz CT molecular complexity index is 782. The first-order chi connectivity index (χ1) is 11.6. The molecule has 4 aliphatic rings. The van der Waals surface area contributed by atoms with Gasteiger partial charge in [0.15, 0.2) is 23.2 Å². The summed E-state index contributed by atoms with van der Waals surface area (Å²) in [5, 5.41) is 0. The number of allylic oxidation sites excluding steroid dienone is 2. The molecule has 6 heteroatoms. The number of carbonyl (C=O) groups excluding carboxylic acids is 1. The number of carbonyl (C=O) groups is 1. The number of fused-ring (bicyclic) bond motifs is 4. The Morgan fingerprint density at radius 3 is 3.00 bits per heavy atom. The van der Waals surface area contributed by atoms with Crippen molar-refractivity contribution >= 4 is 5.97 Å². The lowest BCUT2D eigenvalue weighted by Gasteiger charge is -2.21. The van der Waals surface area contributed by atoms with E-state index in [0.29, 0.717) is 30.1 Å². The second-order valence-electron chi connectivity index (χ2n) is 6.72. The molecule has 0 saturated carbocycles. The van der Waals surface area contributed by atoms with Crippen molar-refractivity contribution in [2.45, 2.75) is 44.0 Å². The van der Waals surface area contributed by atoms with E-state index in [0.717, 1.165) is 17.5 Å². The highest BCUT2D eigenvalue weighted by atomic mass is 16.7. The molecular formula is C18H18O6. The first-order valence-corrected chi connectivity index (χ1v) is 8.18. The van der Waals surface area contributed by atoms with Crippen LogP contribution in [-0.2, 0) is 20.7 Å². The number of ether oxygens (including phenoxy) is 5. The maximum absolute atomic E-state index is 12.4. The van der Waals surface area contributed by atoms with Gasteiger partial charge in [0.1, 0.15) is 11.9 Å². The van der Waals surface area contributed by atoms with Crippen molar-refractivity contribution in [1.29, 1.82) is 0 Å². The molecule has 126 valence electrons. The number of hydrogen-bond acceptors (Lipinski definition) is 6. The third-order valence-electron chi connectivity index (χ3n) is 5.33. The average molecular weight is 330 g/mol. The molecule has 5 rings (SSSR count). The van der Waals surface area contributed by atoms with Crippen LogP contribution < -0.4 is 14.2 Å². The molecule has 0 radical (unpaired) electrons. The summed E-state index contributed by atoms with van der Waals surface area (Å²) in [4.78, 5) is 12.4. The van der Waals surface area contributed by atoms with Crippen molar-refractivity contribution in [3.05, 3.63) is 28.8 Å². The molecule has 1 aliphatic carbocycles. The van der Waals surface area contributed by atoms with E-state index in [-0.39, 0.29) is 18.9 Å². The molecule has 0 unspecified atom stereocenters. The molecular weight excluding hydrogens is 312 g/mol. The van der Waals surface area contributed by atoms with Crippen LogP contribution in [0.2, 0.25) is 0 Å². The molecule has 0 amide bonds. The average Bonchev–Trinajstić information content (AvgIpc) is 2.99. The van der Waals surface area contributed by atoms with Gasteiger partial charge in [-0.15, -0.1) is 0 Å². The monoisotopic (exact) mass is 330 g/mol. The quantitative estimate of drug-likeness (QED) is 0.448. The van der Waals surface area contributed by atoms with Crippen LogP contribution in [0.5, 0.6) is 17.2 Å². The highest BCUT2D eigenvalue weighted by Crippen LogP contribution is 2.59. The highest BCUT2D eigenvalue weighted by Gasteiger charge is 2.73. The van der Waals surface area contributed by atoms with Gasteiger partial charge in [-0.25, -0.2) is 4.79 Å². The fourth-order valence-electron chi connectivity index (χ4n) is 4.09. The molecule has 0 N–H and O–H groups in total. The van der Waals surface area contributed by atoms with E-state index in [1.807, 2.05) is 6.07 Å². The molecule has 2 saturated heterocycles. The predicted molar refractivity (Wildman–Crippen MR) is 82.2 cm³/mol. The van der Waals surface area contributed by atoms with Gasteiger partial charge in [0.05, 0.1) is 7.11 Å². The van der Waals surface area contributed by atoms with E-state index in [4.69, 9.17) is 23.7 Å². The molecule has 2 bridgehead atoms. The summed E-state index contributed by atoms with van der Waals surface area (Å²) in [5.74, 6) is 1.76. The van der Waals surface area contributed by atoms with Crippen molar-refractivity contribution in [2.75, 3.05) is 13.9 Å². The third-order valence-corrected chi connectivity index (χ3v) is 5.33. The minimum Gasteiger partial charge on any atom is -0.496 e. The molecule has 1 aromatic carbocycles. The number of hydrogen-bond donors (Lipinski definition) is 0. The topological polar surface area (TPSA) is 66.5 Å². The molecule has 3 atom stereocenters. The lowest BCUT2D eigenvalue weighted by Crippen LogP contribution is -2.22. The number of rotatable bonds is 1. The molecule has 24 heavy (non-hydrogen) atoms. The zero-order chi connectivity index (χ0) is 16.5. The smallest absolute Gasteiger partial charge is 0.342 e. The number of esters is 1. The van der Waals surface area contributed by atoms with Crippen LogP contribution in [0.3, 0.4) is 0 Å². The largest absolute Gasteiger partial charge is 0.496 e. The van der Waals surface area contributed by atoms with E-state index in [1.54, 1.807) is 7.11 Å². The van der Waals surface area contributed by atoms with Crippen molar-refractivity contribution < 1.29 is 28.5 Å². The number of epoxide rings is 1. The zero-order valence-corrected chi connectivity index (χ0v) is 13.6. The lowest BCUT2D eigenvalue weighted by atomic mass is 9.88. The van der Waals surface area contributed by atoms with Gasteiger partial charge >= 0.3 is 5.97 Å². The Labute approximate surface area is 139 Å². The molecule has 1 aromatic rings. The summed E-state index contributed by atoms with van der Waals surface area (Å²) < 4.78 is 28.4. The number of benzene rings is 1. The lowest BCUT2D eigenvalue weighted by molar-refractivity contribution is -0.154. The second-order valence-corrected chi connectivity index (χ2v) is 6.72. The fourth-order valence-corrected chi connectivity index (χ4v) is 4.09. The molecule has 0 spiro atoms. The molecule has 3 aliphatic heterocycles. The van der Waals surface area contributed by atoms with Crippen molar-refractivity contribution in [2.24, 2.45) is 0 Å². The zero-order valence-electron chi connectivity index (χ0n) is 13.6. The van der Waals surface area contributed by atoms with Crippen molar-refractivity contribution in [1.82, 2.24) is 0 Å². The molecule has 3 heterocycles. The van der Waals surface area contributed by atoms with E-state index in [1.165, 1.54) is 5.57 Å². The van der Waals surface area contributed by atoms with Crippen LogP contribution in [0.15, 0.2) is 17.7 Å². The summed E-state index contributed by atoms with van der Waals surface area (Å²) >= 11 is 0. The van der Waals surface area contributed by atoms with Crippen molar-refractivity contribution in [3.8, 4) is 17.2 Å². The van der Waals surface area contributed by atoms with Crippen LogP contribution in [-0.4, -0.2) is 31.6 Å². The first kappa shape index (κ1) is 14.2. The van der Waals surface area contributed by atoms with E-state index < -0.39 is 11.7 Å². The van der Waals surface area contributed by atoms with Gasteiger partial charge in [-0.05, 0) is 26.2 Å². The van der Waals surface area contributed by atoms with Gasteiger partial charge in [0.25, 0.3) is 0 Å². The van der Waals surface area contributed by atoms with Crippen LogP contribution in [0.25, 0.3) is 0 Å². The van der Waals surface area contributed by atoms with Gasteiger partial charge in [-0.1, -0.05) is 11.6 Å². The summed E-state index contributed by atoms with van der Waals surface area (Å²) in [6.07, 6.45) is 3.61. The summed E-state index contributed by atoms with van der Waals surface area (Å²) in [5.41, 5.74) is 2.23. The van der Waals surface area contributed by atoms with E-state index >= 15 is 0 Å². The summed E-state index contributed by atoms with van der Waals surface area (Å²) in [7, 11) is 1.61. The normalized spacial score (nSPS) is 34.6. The molecule has 6 nitrogen and oxygen atoms in total. The number of methoxy groups -OCH3 is 1. The Balaban J connectivity index is 1.75. The molecule has 2 fully saturated rings. The molecule has 0 aromatic heterocycles. The predicted octanol–water partition coefficient (Wildman–Crippen LogP) is 2.44. The van der Waals surface area contributed by atoms with Gasteiger partial charge < -0.3 is 23.7 Å². The van der Waals surface area contributed by atoms with Crippen LogP contribution in [0, 0.1) is 0 Å². The summed E-state index contributed by atoms with van der Waals surface area (Å²) in [6.45, 7) is 2.27. The maximum Gasteiger partial charge on any atom is 0.342 e. The van der Waals surface area contributed by atoms with E-state index in [9.17, 15) is 4.79 Å². The standard InChI is InChI=1S/C18H18O6/c1-9-4-3-5-18-16(24-18)15(23-17(18)19)13-10(6-9)14-12(21-8-22-14)7-11(13)20-2/h4,7,15-16H,3,5-6,8H2,1-2H3/b9-4+/t15-,16-,18+/m1/s1. The van der Waals surface area contributed by atoms with Gasteiger partial charge in [0, 0.05) is 17.2 Å². The second kappa shape index (κ2) is 4.66. The third kappa shape index (κ3) is 1.72. The van der Waals surface area contributed by atoms with Crippen LogP contribution in [0.1, 0.15) is 37.0 Å². The fraction of sp³-hybridized carbons (Fsp3) is 0.500. The van der Waals surface area contributed by atoms with Gasteiger partial charge in [-0.2, -0.15) is 0 Å². The van der Waals surface area contributed by atoms with Gasteiger partial charge in [0.2, 0.25) is 6.79 Å². The Hall–Kier alpha value is -2.21. The minimum absolute atomic E-state index is 0.187. The summed E-state index contributed by atoms with van der Waals surface area (Å²) in [6, 6.07) is 1.81. The Kier molecular flexibility index (Phi) is 2.75.